The molecule has 0 aromatic heterocycles. The van der Waals surface area contributed by atoms with Crippen LogP contribution in [0.3, 0.4) is 0 Å². The zero-order valence-electron chi connectivity index (χ0n) is 9.80. The van der Waals surface area contributed by atoms with Gasteiger partial charge in [0.15, 0.2) is 0 Å². The number of carbonyl (C=O) groups is 2. The van der Waals surface area contributed by atoms with Crippen molar-refractivity contribution in [2.75, 3.05) is 19.0 Å². The lowest BCUT2D eigenvalue weighted by Gasteiger charge is -2.15. The maximum atomic E-state index is 11.6. The van der Waals surface area contributed by atoms with Gasteiger partial charge in [-0.2, -0.15) is 0 Å². The Balaban J connectivity index is 2.77. The SMILES string of the molecule is CCOC(=O)C(Nc1ccccc1)C(=O)OC. The van der Waals surface area contributed by atoms with Crippen LogP contribution in [0.2, 0.25) is 0 Å². The van der Waals surface area contributed by atoms with Crippen molar-refractivity contribution in [2.45, 2.75) is 13.0 Å². The summed E-state index contributed by atoms with van der Waals surface area (Å²) in [5.41, 5.74) is 0.649. The molecule has 1 aromatic rings. The molecule has 0 fully saturated rings. The van der Waals surface area contributed by atoms with Gasteiger partial charge in [0, 0.05) is 5.69 Å². The smallest absolute Gasteiger partial charge is 0.340 e. The van der Waals surface area contributed by atoms with Crippen LogP contribution >= 0.6 is 0 Å². The summed E-state index contributed by atoms with van der Waals surface area (Å²) >= 11 is 0. The van der Waals surface area contributed by atoms with Gasteiger partial charge in [-0.05, 0) is 19.1 Å². The monoisotopic (exact) mass is 237 g/mol. The number of benzene rings is 1. The number of anilines is 1. The quantitative estimate of drug-likeness (QED) is 0.616. The van der Waals surface area contributed by atoms with Crippen molar-refractivity contribution in [3.63, 3.8) is 0 Å². The van der Waals surface area contributed by atoms with Gasteiger partial charge >= 0.3 is 11.9 Å². The lowest BCUT2D eigenvalue weighted by Crippen LogP contribution is -2.39. The van der Waals surface area contributed by atoms with E-state index in [1.165, 1.54) is 7.11 Å². The summed E-state index contributed by atoms with van der Waals surface area (Å²) in [6.45, 7) is 1.89. The first-order valence-electron chi connectivity index (χ1n) is 5.25. The summed E-state index contributed by atoms with van der Waals surface area (Å²) in [7, 11) is 1.22. The second kappa shape index (κ2) is 6.52. The Bertz CT molecular complexity index is 377. The molecular formula is C12H15NO4. The van der Waals surface area contributed by atoms with Crippen molar-refractivity contribution in [1.29, 1.82) is 0 Å². The van der Waals surface area contributed by atoms with Crippen LogP contribution < -0.4 is 5.32 Å². The van der Waals surface area contributed by atoms with Crippen LogP contribution in [0.1, 0.15) is 6.92 Å². The molecule has 0 bridgehead atoms. The second-order valence-electron chi connectivity index (χ2n) is 3.22. The van der Waals surface area contributed by atoms with Crippen molar-refractivity contribution in [1.82, 2.24) is 0 Å². The molecule has 0 radical (unpaired) electrons. The summed E-state index contributed by atoms with van der Waals surface area (Å²) in [5, 5.41) is 2.77. The first kappa shape index (κ1) is 13.0. The van der Waals surface area contributed by atoms with Gasteiger partial charge in [0.05, 0.1) is 13.7 Å². The number of hydrogen-bond donors (Lipinski definition) is 1. The fourth-order valence-corrected chi connectivity index (χ4v) is 1.26. The van der Waals surface area contributed by atoms with E-state index in [1.807, 2.05) is 6.07 Å². The molecule has 0 saturated heterocycles. The molecule has 0 saturated carbocycles. The van der Waals surface area contributed by atoms with E-state index in [9.17, 15) is 9.59 Å². The highest BCUT2D eigenvalue weighted by atomic mass is 16.5. The van der Waals surface area contributed by atoms with E-state index < -0.39 is 18.0 Å². The molecule has 5 heteroatoms. The van der Waals surface area contributed by atoms with E-state index in [0.29, 0.717) is 5.69 Å². The molecule has 0 aliphatic rings. The molecule has 0 heterocycles. The molecule has 5 nitrogen and oxygen atoms in total. The first-order chi connectivity index (χ1) is 8.19. The van der Waals surface area contributed by atoms with Crippen LogP contribution in [-0.2, 0) is 19.1 Å². The highest BCUT2D eigenvalue weighted by Crippen LogP contribution is 2.08. The Kier molecular flexibility index (Phi) is 5.00. The number of para-hydroxylation sites is 1. The molecule has 0 aliphatic heterocycles. The molecule has 0 amide bonds. The zero-order valence-corrected chi connectivity index (χ0v) is 9.80. The maximum Gasteiger partial charge on any atom is 0.340 e. The number of esters is 2. The van der Waals surface area contributed by atoms with Gasteiger partial charge in [0.2, 0.25) is 6.04 Å². The first-order valence-corrected chi connectivity index (χ1v) is 5.25. The van der Waals surface area contributed by atoms with Crippen LogP contribution in [0.4, 0.5) is 5.69 Å². The highest BCUT2D eigenvalue weighted by Gasteiger charge is 2.28. The average molecular weight is 237 g/mol. The van der Waals surface area contributed by atoms with Crippen molar-refractivity contribution in [2.24, 2.45) is 0 Å². The minimum Gasteiger partial charge on any atom is -0.467 e. The topological polar surface area (TPSA) is 64.6 Å². The third-order valence-electron chi connectivity index (χ3n) is 2.04. The Morgan fingerprint density at radius 2 is 1.88 bits per heavy atom. The van der Waals surface area contributed by atoms with Crippen molar-refractivity contribution in [3.05, 3.63) is 30.3 Å². The summed E-state index contributed by atoms with van der Waals surface area (Å²) in [6, 6.07) is 7.78. The van der Waals surface area contributed by atoms with Gasteiger partial charge in [0.25, 0.3) is 0 Å². The minimum absolute atomic E-state index is 0.211. The van der Waals surface area contributed by atoms with Gasteiger partial charge in [-0.25, -0.2) is 9.59 Å². The molecule has 1 atom stereocenters. The average Bonchev–Trinajstić information content (AvgIpc) is 2.36. The predicted molar refractivity (Wildman–Crippen MR) is 62.5 cm³/mol. The van der Waals surface area contributed by atoms with Crippen LogP contribution in [0, 0.1) is 0 Å². The molecule has 0 aliphatic carbocycles. The zero-order chi connectivity index (χ0) is 12.7. The van der Waals surface area contributed by atoms with E-state index in [0.717, 1.165) is 0 Å². The number of nitrogens with one attached hydrogen (secondary N) is 1. The Morgan fingerprint density at radius 3 is 2.41 bits per heavy atom. The van der Waals surface area contributed by atoms with E-state index in [1.54, 1.807) is 31.2 Å². The van der Waals surface area contributed by atoms with Crippen LogP contribution in [-0.4, -0.2) is 31.7 Å². The lowest BCUT2D eigenvalue weighted by atomic mass is 10.2. The maximum absolute atomic E-state index is 11.6. The van der Waals surface area contributed by atoms with Crippen LogP contribution in [0.15, 0.2) is 30.3 Å². The summed E-state index contributed by atoms with van der Waals surface area (Å²) in [6.07, 6.45) is 0. The second-order valence-corrected chi connectivity index (χ2v) is 3.22. The molecule has 92 valence electrons. The largest absolute Gasteiger partial charge is 0.467 e. The van der Waals surface area contributed by atoms with Crippen LogP contribution in [0.5, 0.6) is 0 Å². The minimum atomic E-state index is -1.14. The Hall–Kier alpha value is -2.04. The molecule has 1 rings (SSSR count). The summed E-state index contributed by atoms with van der Waals surface area (Å²) < 4.78 is 9.35. The lowest BCUT2D eigenvalue weighted by molar-refractivity contribution is -0.154. The normalized spacial score (nSPS) is 11.4. The van der Waals surface area contributed by atoms with Crippen LogP contribution in [0.25, 0.3) is 0 Å². The molecule has 1 N–H and O–H groups in total. The predicted octanol–water partition coefficient (Wildman–Crippen LogP) is 1.20. The van der Waals surface area contributed by atoms with Gasteiger partial charge in [-0.1, -0.05) is 18.2 Å². The Labute approximate surface area is 99.7 Å². The van der Waals surface area contributed by atoms with E-state index >= 15 is 0 Å². The van der Waals surface area contributed by atoms with Gasteiger partial charge in [0.1, 0.15) is 0 Å². The van der Waals surface area contributed by atoms with E-state index in [2.05, 4.69) is 10.1 Å². The van der Waals surface area contributed by atoms with E-state index in [4.69, 9.17) is 4.74 Å². The van der Waals surface area contributed by atoms with Gasteiger partial charge in [-0.15, -0.1) is 0 Å². The van der Waals surface area contributed by atoms with Gasteiger partial charge in [-0.3, -0.25) is 0 Å². The number of rotatable bonds is 5. The van der Waals surface area contributed by atoms with Crippen molar-refractivity contribution >= 4 is 17.6 Å². The number of ether oxygens (including phenoxy) is 2. The fraction of sp³-hybridized carbons (Fsp3) is 0.333. The third-order valence-corrected chi connectivity index (χ3v) is 2.04. The van der Waals surface area contributed by atoms with Gasteiger partial charge < -0.3 is 14.8 Å². The number of carbonyl (C=O) groups excluding carboxylic acids is 2. The molecule has 0 spiro atoms. The van der Waals surface area contributed by atoms with E-state index in [-0.39, 0.29) is 6.61 Å². The van der Waals surface area contributed by atoms with Crippen molar-refractivity contribution in [3.8, 4) is 0 Å². The molecule has 1 aromatic carbocycles. The molecular weight excluding hydrogens is 222 g/mol. The molecule has 17 heavy (non-hydrogen) atoms. The van der Waals surface area contributed by atoms with Crippen molar-refractivity contribution < 1.29 is 19.1 Å². The standard InChI is InChI=1S/C12H15NO4/c1-3-17-12(15)10(11(14)16-2)13-9-7-5-4-6-8-9/h4-8,10,13H,3H2,1-2H3. The summed E-state index contributed by atoms with van der Waals surface area (Å²) in [5.74, 6) is -1.32. The Morgan fingerprint density at radius 1 is 1.24 bits per heavy atom. The number of hydrogen-bond acceptors (Lipinski definition) is 5. The molecule has 1 unspecified atom stereocenters. The highest BCUT2D eigenvalue weighted by molar-refractivity contribution is 6.01. The third kappa shape index (κ3) is 3.79. The number of methoxy groups -OCH3 is 1. The fourth-order valence-electron chi connectivity index (χ4n) is 1.26. The summed E-state index contributed by atoms with van der Waals surface area (Å²) in [4.78, 5) is 23.0.